The summed E-state index contributed by atoms with van der Waals surface area (Å²) < 4.78 is 21.1. The summed E-state index contributed by atoms with van der Waals surface area (Å²) in [5, 5.41) is 42.8. The lowest BCUT2D eigenvalue weighted by Crippen LogP contribution is -2.43. The predicted molar refractivity (Wildman–Crippen MR) is 217 cm³/mol. The zero-order valence-corrected chi connectivity index (χ0v) is 35.4. The van der Waals surface area contributed by atoms with Gasteiger partial charge in [0.1, 0.15) is 25.3 Å². The number of unbranched alkanes of at least 4 members (excludes halogenated alkanes) is 5. The number of hydrogen-bond donors (Lipinski definition) is 9. The number of rotatable bonds is 41. The number of nitrogens with one attached hydrogen (secondary N) is 6. The van der Waals surface area contributed by atoms with Gasteiger partial charge in [-0.05, 0) is 38.5 Å². The molecule has 22 heteroatoms. The van der Waals surface area contributed by atoms with Crippen LogP contribution >= 0.6 is 0 Å². The number of hydrogen-bond acceptors (Lipinski definition) is 13. The van der Waals surface area contributed by atoms with Crippen molar-refractivity contribution in [3.8, 4) is 0 Å². The first-order valence-corrected chi connectivity index (χ1v) is 20.9. The van der Waals surface area contributed by atoms with Crippen molar-refractivity contribution in [3.63, 3.8) is 0 Å². The molecule has 22 nitrogen and oxygen atoms in total. The molecule has 0 aromatic heterocycles. The summed E-state index contributed by atoms with van der Waals surface area (Å²) in [7, 11) is 0. The third kappa shape index (κ3) is 36.6. The minimum atomic E-state index is -1.30. The van der Waals surface area contributed by atoms with Crippen LogP contribution in [0.15, 0.2) is 0 Å². The summed E-state index contributed by atoms with van der Waals surface area (Å²) in [6, 6.07) is -2.51. The van der Waals surface area contributed by atoms with E-state index in [1.165, 1.54) is 0 Å². The third-order valence-corrected chi connectivity index (χ3v) is 8.48. The second-order valence-electron chi connectivity index (χ2n) is 13.8. The maximum atomic E-state index is 12.1. The molecule has 0 aliphatic heterocycles. The summed E-state index contributed by atoms with van der Waals surface area (Å²) in [5.41, 5.74) is 0. The number of carbonyl (C=O) groups excluding carboxylic acids is 6. The summed E-state index contributed by atoms with van der Waals surface area (Å²) in [4.78, 5) is 106. The second kappa shape index (κ2) is 38.0. The van der Waals surface area contributed by atoms with E-state index in [1.807, 2.05) is 0 Å². The molecule has 2 atom stereocenters. The average Bonchev–Trinajstić information content (AvgIpc) is 3.21. The Bertz CT molecular complexity index is 1320. The van der Waals surface area contributed by atoms with Crippen LogP contribution in [0.3, 0.4) is 0 Å². The van der Waals surface area contributed by atoms with Crippen LogP contribution in [0.25, 0.3) is 0 Å². The zero-order chi connectivity index (χ0) is 45.5. The van der Waals surface area contributed by atoms with Gasteiger partial charge in [-0.15, -0.1) is 0 Å². The Kier molecular flexibility index (Phi) is 35.0. The number of carboxylic acids is 3. The molecule has 61 heavy (non-hydrogen) atoms. The van der Waals surface area contributed by atoms with Crippen LogP contribution in [0, 0.1) is 0 Å². The van der Waals surface area contributed by atoms with Crippen molar-refractivity contribution in [2.24, 2.45) is 0 Å². The zero-order valence-electron chi connectivity index (χ0n) is 35.4. The topological polar surface area (TPSA) is 323 Å². The fourth-order valence-electron chi connectivity index (χ4n) is 5.17. The normalized spacial score (nSPS) is 11.8. The van der Waals surface area contributed by atoms with E-state index in [2.05, 4.69) is 38.8 Å². The van der Waals surface area contributed by atoms with Gasteiger partial charge in [0.25, 0.3) is 0 Å². The van der Waals surface area contributed by atoms with Crippen LogP contribution in [-0.4, -0.2) is 160 Å². The van der Waals surface area contributed by atoms with Gasteiger partial charge in [0.2, 0.25) is 35.4 Å². The van der Waals surface area contributed by atoms with Crippen molar-refractivity contribution < 1.29 is 77.4 Å². The molecule has 0 saturated heterocycles. The van der Waals surface area contributed by atoms with Gasteiger partial charge >= 0.3 is 17.9 Å². The number of aliphatic carboxylic acids is 3. The van der Waals surface area contributed by atoms with Gasteiger partial charge < -0.3 is 66.2 Å². The maximum Gasteiger partial charge on any atom is 0.326 e. The Balaban J connectivity index is 3.84. The van der Waals surface area contributed by atoms with Crippen molar-refractivity contribution in [1.29, 1.82) is 0 Å². The predicted octanol–water partition coefficient (Wildman–Crippen LogP) is -0.388. The highest BCUT2D eigenvalue weighted by Crippen LogP contribution is 2.07. The molecule has 0 aromatic carbocycles. The molecule has 0 aliphatic rings. The van der Waals surface area contributed by atoms with E-state index in [1.54, 1.807) is 0 Å². The molecular formula is C39H68N6O16. The number of carbonyl (C=O) groups is 9. The molecule has 350 valence electrons. The van der Waals surface area contributed by atoms with Crippen LogP contribution in [-0.2, 0) is 62.1 Å². The van der Waals surface area contributed by atoms with Gasteiger partial charge in [0, 0.05) is 58.3 Å². The van der Waals surface area contributed by atoms with E-state index in [9.17, 15) is 53.4 Å². The highest BCUT2D eigenvalue weighted by atomic mass is 16.5. The molecule has 6 amide bonds. The van der Waals surface area contributed by atoms with Gasteiger partial charge in [-0.3, -0.25) is 33.6 Å². The van der Waals surface area contributed by atoms with Crippen molar-refractivity contribution in [3.05, 3.63) is 0 Å². The highest BCUT2D eigenvalue weighted by Gasteiger charge is 2.22. The fourth-order valence-corrected chi connectivity index (χ4v) is 5.17. The Morgan fingerprint density at radius 3 is 1.36 bits per heavy atom. The Hall–Kier alpha value is -4.93. The average molecular weight is 877 g/mol. The van der Waals surface area contributed by atoms with Gasteiger partial charge in [-0.2, -0.15) is 0 Å². The van der Waals surface area contributed by atoms with Crippen LogP contribution < -0.4 is 31.9 Å². The van der Waals surface area contributed by atoms with Gasteiger partial charge in [0.15, 0.2) is 0 Å². The summed E-state index contributed by atoms with van der Waals surface area (Å²) in [6.45, 7) is 3.32. The molecule has 0 saturated carbocycles. The smallest absolute Gasteiger partial charge is 0.326 e. The first kappa shape index (κ1) is 56.1. The largest absolute Gasteiger partial charge is 0.481 e. The standard InChI is InChI=1S/C39H68N6O16/c1-2-3-8-17-40-31(46)11-9-18-41-32(47)15-14-30(39(56)57)45-36(51)28-61-26-24-59-22-20-43-35(50)27-60-25-23-58-21-19-42-33(48)16-13-29(38(54)55)44-34(49)10-6-4-5-7-12-37(52)53/h29-30H,2-28H2,1H3,(H,40,46)(H,41,47)(H,42,48)(H,43,50)(H,44,49)(H,45,51)(H,52,53)(H,54,55)(H,56,57)/t29-,30-/m0/s1. The van der Waals surface area contributed by atoms with E-state index in [0.29, 0.717) is 38.6 Å². The molecule has 9 N–H and O–H groups in total. The summed E-state index contributed by atoms with van der Waals surface area (Å²) in [6.07, 6.45) is 5.73. The first-order valence-electron chi connectivity index (χ1n) is 20.9. The van der Waals surface area contributed by atoms with Crippen molar-refractivity contribution in [2.75, 3.05) is 79.0 Å². The Morgan fingerprint density at radius 2 is 0.836 bits per heavy atom. The number of carboxylic acid groups (broad SMARTS) is 3. The van der Waals surface area contributed by atoms with Crippen LogP contribution in [0.1, 0.15) is 103 Å². The summed E-state index contributed by atoms with van der Waals surface area (Å²) >= 11 is 0. The molecule has 0 fully saturated rings. The molecule has 0 unspecified atom stereocenters. The molecule has 0 aromatic rings. The fraction of sp³-hybridized carbons (Fsp3) is 0.769. The maximum absolute atomic E-state index is 12.1. The SMILES string of the molecule is CCCCCNC(=O)CCCNC(=O)CC[C@H](NC(=O)COCCOCCNC(=O)COCCOCCNC(=O)CC[C@H](NC(=O)CCCCCCC(=O)O)C(=O)O)C(=O)O. The minimum absolute atomic E-state index is 0.0255. The minimum Gasteiger partial charge on any atom is -0.481 e. The monoisotopic (exact) mass is 876 g/mol. The number of amides is 6. The van der Waals surface area contributed by atoms with Crippen molar-refractivity contribution >= 4 is 53.4 Å². The van der Waals surface area contributed by atoms with Crippen molar-refractivity contribution in [1.82, 2.24) is 31.9 Å². The molecule has 0 radical (unpaired) electrons. The van der Waals surface area contributed by atoms with E-state index in [0.717, 1.165) is 19.3 Å². The van der Waals surface area contributed by atoms with E-state index < -0.39 is 66.1 Å². The molecule has 0 bridgehead atoms. The lowest BCUT2D eigenvalue weighted by molar-refractivity contribution is -0.143. The van der Waals surface area contributed by atoms with Gasteiger partial charge in [0.05, 0.1) is 39.6 Å². The van der Waals surface area contributed by atoms with Crippen LogP contribution in [0.2, 0.25) is 0 Å². The first-order chi connectivity index (χ1) is 29.2. The molecular weight excluding hydrogens is 808 g/mol. The van der Waals surface area contributed by atoms with Gasteiger partial charge in [-0.1, -0.05) is 32.6 Å². The molecule has 0 heterocycles. The van der Waals surface area contributed by atoms with Gasteiger partial charge in [-0.25, -0.2) is 9.59 Å². The van der Waals surface area contributed by atoms with Crippen LogP contribution in [0.5, 0.6) is 0 Å². The van der Waals surface area contributed by atoms with E-state index in [4.69, 9.17) is 24.1 Å². The van der Waals surface area contributed by atoms with E-state index >= 15 is 0 Å². The molecule has 0 aliphatic carbocycles. The summed E-state index contributed by atoms with van der Waals surface area (Å²) in [5.74, 6) is -5.85. The lowest BCUT2D eigenvalue weighted by Gasteiger charge is -2.14. The van der Waals surface area contributed by atoms with E-state index in [-0.39, 0.29) is 117 Å². The lowest BCUT2D eigenvalue weighted by atomic mass is 10.1. The number of ether oxygens (including phenoxy) is 4. The Morgan fingerprint density at radius 1 is 0.410 bits per heavy atom. The second-order valence-corrected chi connectivity index (χ2v) is 13.8. The highest BCUT2D eigenvalue weighted by molar-refractivity contribution is 5.85. The quantitative estimate of drug-likeness (QED) is 0.0353. The van der Waals surface area contributed by atoms with Crippen molar-refractivity contribution in [2.45, 2.75) is 115 Å². The van der Waals surface area contributed by atoms with Crippen LogP contribution in [0.4, 0.5) is 0 Å². The molecule has 0 rings (SSSR count). The molecule has 0 spiro atoms. The Labute approximate surface area is 356 Å². The third-order valence-electron chi connectivity index (χ3n) is 8.48.